The molecule has 7 heteroatoms. The number of primary sulfonamides is 1. The fourth-order valence-electron chi connectivity index (χ4n) is 1.42. The molecule has 5 nitrogen and oxygen atoms in total. The van der Waals surface area contributed by atoms with Gasteiger partial charge in [-0.15, -0.1) is 0 Å². The van der Waals surface area contributed by atoms with E-state index in [1.54, 1.807) is 18.5 Å². The highest BCUT2D eigenvalue weighted by Gasteiger charge is 2.11. The summed E-state index contributed by atoms with van der Waals surface area (Å²) in [7, 11) is -3.82. The van der Waals surface area contributed by atoms with Crippen LogP contribution < -0.4 is 5.14 Å². The van der Waals surface area contributed by atoms with Gasteiger partial charge in [0.1, 0.15) is 5.82 Å². The molecule has 1 aromatic heterocycles. The summed E-state index contributed by atoms with van der Waals surface area (Å²) in [6, 6.07) is 5.13. The Morgan fingerprint density at radius 1 is 1.41 bits per heavy atom. The second kappa shape index (κ2) is 4.27. The van der Waals surface area contributed by atoms with Gasteiger partial charge < -0.3 is 0 Å². The first-order valence-electron chi connectivity index (χ1n) is 4.75. The van der Waals surface area contributed by atoms with Gasteiger partial charge in [-0.1, -0.05) is 0 Å². The van der Waals surface area contributed by atoms with Crippen LogP contribution in [0.3, 0.4) is 0 Å². The summed E-state index contributed by atoms with van der Waals surface area (Å²) in [6.45, 7) is 0.155. The van der Waals surface area contributed by atoms with Gasteiger partial charge in [-0.2, -0.15) is 5.10 Å². The topological polar surface area (TPSA) is 78.0 Å². The van der Waals surface area contributed by atoms with Crippen LogP contribution in [-0.2, 0) is 16.6 Å². The van der Waals surface area contributed by atoms with Crippen LogP contribution in [0.5, 0.6) is 0 Å². The number of benzene rings is 1. The number of sulfonamides is 1. The summed E-state index contributed by atoms with van der Waals surface area (Å²) in [6.07, 6.45) is 3.21. The number of nitrogens with zero attached hydrogens (tertiary/aromatic N) is 2. The molecule has 0 aliphatic heterocycles. The van der Waals surface area contributed by atoms with Crippen molar-refractivity contribution in [1.29, 1.82) is 0 Å². The molecule has 0 saturated heterocycles. The maximum absolute atomic E-state index is 13.5. The van der Waals surface area contributed by atoms with E-state index in [-0.39, 0.29) is 17.0 Å². The van der Waals surface area contributed by atoms with Crippen molar-refractivity contribution in [3.63, 3.8) is 0 Å². The van der Waals surface area contributed by atoms with E-state index in [4.69, 9.17) is 5.14 Å². The molecule has 0 fully saturated rings. The molecule has 1 aromatic carbocycles. The average molecular weight is 255 g/mol. The number of aromatic nitrogens is 2. The lowest BCUT2D eigenvalue weighted by atomic mass is 10.2. The van der Waals surface area contributed by atoms with Gasteiger partial charge in [-0.05, 0) is 24.3 Å². The Kier molecular flexibility index (Phi) is 2.95. The largest absolute Gasteiger partial charge is 0.268 e. The second-order valence-electron chi connectivity index (χ2n) is 3.50. The number of halogens is 1. The Labute approximate surface area is 97.7 Å². The Bertz CT molecular complexity index is 623. The van der Waals surface area contributed by atoms with Crippen LogP contribution >= 0.6 is 0 Å². The minimum atomic E-state index is -3.82. The van der Waals surface area contributed by atoms with E-state index in [1.165, 1.54) is 10.7 Å². The van der Waals surface area contributed by atoms with Crippen molar-refractivity contribution in [2.24, 2.45) is 5.14 Å². The number of hydrogen-bond donors (Lipinski definition) is 1. The molecule has 17 heavy (non-hydrogen) atoms. The van der Waals surface area contributed by atoms with Crippen molar-refractivity contribution >= 4 is 10.0 Å². The van der Waals surface area contributed by atoms with Gasteiger partial charge in [-0.3, -0.25) is 4.68 Å². The zero-order valence-corrected chi connectivity index (χ0v) is 9.56. The quantitative estimate of drug-likeness (QED) is 0.877. The molecule has 0 aliphatic rings. The molecule has 1 heterocycles. The number of nitrogens with two attached hydrogens (primary N) is 1. The molecule has 90 valence electrons. The predicted molar refractivity (Wildman–Crippen MR) is 59.1 cm³/mol. The Morgan fingerprint density at radius 3 is 2.76 bits per heavy atom. The lowest BCUT2D eigenvalue weighted by Crippen LogP contribution is -2.13. The number of rotatable bonds is 3. The van der Waals surface area contributed by atoms with Crippen molar-refractivity contribution < 1.29 is 12.8 Å². The van der Waals surface area contributed by atoms with Crippen molar-refractivity contribution in [2.45, 2.75) is 11.4 Å². The summed E-state index contributed by atoms with van der Waals surface area (Å²) >= 11 is 0. The maximum atomic E-state index is 13.5. The predicted octanol–water partition coefficient (Wildman–Crippen LogP) is 0.718. The van der Waals surface area contributed by atoms with Crippen molar-refractivity contribution in [3.05, 3.63) is 48.0 Å². The van der Waals surface area contributed by atoms with Crippen molar-refractivity contribution in [3.8, 4) is 0 Å². The van der Waals surface area contributed by atoms with Crippen LogP contribution in [0.1, 0.15) is 5.56 Å². The van der Waals surface area contributed by atoms with Gasteiger partial charge in [-0.25, -0.2) is 17.9 Å². The average Bonchev–Trinajstić information content (AvgIpc) is 2.72. The molecule has 0 saturated carbocycles. The minimum absolute atomic E-state index is 0.110. The fourth-order valence-corrected chi connectivity index (χ4v) is 1.98. The lowest BCUT2D eigenvalue weighted by Gasteiger charge is -2.05. The van der Waals surface area contributed by atoms with Crippen LogP contribution in [0.4, 0.5) is 4.39 Å². The normalized spacial score (nSPS) is 11.6. The van der Waals surface area contributed by atoms with Crippen LogP contribution in [0.2, 0.25) is 0 Å². The molecule has 0 radical (unpaired) electrons. The van der Waals surface area contributed by atoms with Gasteiger partial charge in [0.25, 0.3) is 0 Å². The molecule has 0 aliphatic carbocycles. The number of hydrogen-bond acceptors (Lipinski definition) is 3. The van der Waals surface area contributed by atoms with Gasteiger partial charge in [0.2, 0.25) is 10.0 Å². The smallest absolute Gasteiger partial charge is 0.238 e. The molecule has 0 unspecified atom stereocenters. The summed E-state index contributed by atoms with van der Waals surface area (Å²) in [4.78, 5) is -0.110. The third-order valence-electron chi connectivity index (χ3n) is 2.24. The fraction of sp³-hybridized carbons (Fsp3) is 0.100. The van der Waals surface area contributed by atoms with Crippen LogP contribution in [0.25, 0.3) is 0 Å². The molecule has 0 atom stereocenters. The van der Waals surface area contributed by atoms with Crippen LogP contribution in [0.15, 0.2) is 41.6 Å². The van der Waals surface area contributed by atoms with E-state index in [1.807, 2.05) is 0 Å². The van der Waals surface area contributed by atoms with E-state index >= 15 is 0 Å². The monoisotopic (exact) mass is 255 g/mol. The third kappa shape index (κ3) is 2.69. The first kappa shape index (κ1) is 11.7. The van der Waals surface area contributed by atoms with Crippen LogP contribution in [0, 0.1) is 5.82 Å². The zero-order valence-electron chi connectivity index (χ0n) is 8.75. The van der Waals surface area contributed by atoms with E-state index in [9.17, 15) is 12.8 Å². The molecular formula is C10H10FN3O2S. The van der Waals surface area contributed by atoms with Crippen molar-refractivity contribution in [1.82, 2.24) is 9.78 Å². The Balaban J connectivity index is 2.40. The minimum Gasteiger partial charge on any atom is -0.268 e. The highest BCUT2D eigenvalue weighted by Crippen LogP contribution is 2.14. The molecule has 0 bridgehead atoms. The first-order chi connectivity index (χ1) is 7.97. The third-order valence-corrected chi connectivity index (χ3v) is 3.15. The molecule has 0 spiro atoms. The van der Waals surface area contributed by atoms with Gasteiger partial charge >= 0.3 is 0 Å². The lowest BCUT2D eigenvalue weighted by molar-refractivity contribution is 0.579. The summed E-state index contributed by atoms with van der Waals surface area (Å²) in [5, 5.41) is 8.89. The van der Waals surface area contributed by atoms with Gasteiger partial charge in [0.15, 0.2) is 0 Å². The zero-order chi connectivity index (χ0) is 12.5. The highest BCUT2D eigenvalue weighted by atomic mass is 32.2. The van der Waals surface area contributed by atoms with Gasteiger partial charge in [0.05, 0.1) is 11.4 Å². The molecule has 2 aromatic rings. The van der Waals surface area contributed by atoms with Crippen LogP contribution in [-0.4, -0.2) is 18.2 Å². The van der Waals surface area contributed by atoms with E-state index in [0.29, 0.717) is 0 Å². The Morgan fingerprint density at radius 2 is 2.18 bits per heavy atom. The molecule has 0 amide bonds. The van der Waals surface area contributed by atoms with Gasteiger partial charge in [0, 0.05) is 18.0 Å². The standard InChI is InChI=1S/C10H10FN3O2S/c11-10-3-2-9(17(12,15)16)6-8(10)7-14-5-1-4-13-14/h1-6H,7H2,(H2,12,15,16). The van der Waals surface area contributed by atoms with Crippen molar-refractivity contribution in [2.75, 3.05) is 0 Å². The SMILES string of the molecule is NS(=O)(=O)c1ccc(F)c(Cn2cccn2)c1. The van der Waals surface area contributed by atoms with E-state index in [0.717, 1.165) is 12.1 Å². The maximum Gasteiger partial charge on any atom is 0.238 e. The highest BCUT2D eigenvalue weighted by molar-refractivity contribution is 7.89. The second-order valence-corrected chi connectivity index (χ2v) is 5.06. The molecular weight excluding hydrogens is 245 g/mol. The molecule has 2 rings (SSSR count). The summed E-state index contributed by atoms with van der Waals surface area (Å²) < 4.78 is 37.2. The Hall–Kier alpha value is -1.73. The summed E-state index contributed by atoms with van der Waals surface area (Å²) in [5.74, 6) is -0.493. The first-order valence-corrected chi connectivity index (χ1v) is 6.30. The molecule has 2 N–H and O–H groups in total. The van der Waals surface area contributed by atoms with E-state index < -0.39 is 15.8 Å². The van der Waals surface area contributed by atoms with E-state index in [2.05, 4.69) is 5.10 Å². The summed E-state index contributed by atoms with van der Waals surface area (Å²) in [5.41, 5.74) is 0.222.